The number of hydrogen-bond donors (Lipinski definition) is 1. The van der Waals surface area contributed by atoms with Crippen LogP contribution in [0.15, 0.2) is 53.3 Å². The van der Waals surface area contributed by atoms with E-state index < -0.39 is 0 Å². The summed E-state index contributed by atoms with van der Waals surface area (Å²) in [5.74, 6) is -0.0809. The van der Waals surface area contributed by atoms with Gasteiger partial charge < -0.3 is 14.9 Å². The number of aliphatic hydroxyl groups is 1. The third-order valence-corrected chi connectivity index (χ3v) is 6.30. The van der Waals surface area contributed by atoms with E-state index in [1.54, 1.807) is 48.2 Å². The number of aryl methyl sites for hydroxylation is 1. The molecule has 9 heteroatoms. The third kappa shape index (κ3) is 5.13. The van der Waals surface area contributed by atoms with Gasteiger partial charge in [-0.2, -0.15) is 0 Å². The first-order valence-corrected chi connectivity index (χ1v) is 11.5. The Morgan fingerprint density at radius 3 is 2.32 bits per heavy atom. The molecular weight excluding hydrogens is 459 g/mol. The molecule has 0 spiro atoms. The topological polar surface area (TPSA) is 78.7 Å². The van der Waals surface area contributed by atoms with Crippen molar-refractivity contribution in [3.63, 3.8) is 0 Å². The average molecular weight is 485 g/mol. The first-order valence-electron chi connectivity index (χ1n) is 11.1. The van der Waals surface area contributed by atoms with Crippen LogP contribution in [0.1, 0.15) is 11.3 Å². The zero-order valence-corrected chi connectivity index (χ0v) is 19.6. The van der Waals surface area contributed by atoms with Crippen LogP contribution in [0.3, 0.4) is 0 Å². The maximum absolute atomic E-state index is 13.3. The number of aromatic nitrogens is 2. The van der Waals surface area contributed by atoms with Crippen molar-refractivity contribution < 1.29 is 14.3 Å². The maximum atomic E-state index is 13.3. The second-order valence-corrected chi connectivity index (χ2v) is 8.65. The van der Waals surface area contributed by atoms with E-state index in [0.29, 0.717) is 53.8 Å². The van der Waals surface area contributed by atoms with Crippen LogP contribution in [0.5, 0.6) is 0 Å². The standard InChI is InChI=1S/C25H26ClFN4O3/c1-17-22(10-15-32)25(34)31(24(28-17)18-2-4-19(26)5-3-18)16-23(33)30-13-11-29(12-14-30)21-8-6-20(27)7-9-21/h2-9,32H,10-16H2,1H3. The van der Waals surface area contributed by atoms with Gasteiger partial charge >= 0.3 is 0 Å². The number of benzene rings is 2. The van der Waals surface area contributed by atoms with Gasteiger partial charge in [0.1, 0.15) is 18.2 Å². The molecule has 4 rings (SSSR count). The summed E-state index contributed by atoms with van der Waals surface area (Å²) in [5, 5.41) is 9.96. The summed E-state index contributed by atoms with van der Waals surface area (Å²) < 4.78 is 14.6. The smallest absolute Gasteiger partial charge is 0.257 e. The molecule has 7 nitrogen and oxygen atoms in total. The number of carbonyl (C=O) groups is 1. The van der Waals surface area contributed by atoms with Crippen molar-refractivity contribution in [1.82, 2.24) is 14.5 Å². The number of carbonyl (C=O) groups excluding carboxylic acids is 1. The zero-order valence-electron chi connectivity index (χ0n) is 18.9. The lowest BCUT2D eigenvalue weighted by Gasteiger charge is -2.36. The van der Waals surface area contributed by atoms with Gasteiger partial charge in [-0.3, -0.25) is 14.2 Å². The molecule has 0 aliphatic carbocycles. The lowest BCUT2D eigenvalue weighted by Crippen LogP contribution is -2.50. The Hall–Kier alpha value is -3.23. The van der Waals surface area contributed by atoms with Crippen LogP contribution >= 0.6 is 11.6 Å². The summed E-state index contributed by atoms with van der Waals surface area (Å²) in [6, 6.07) is 13.2. The summed E-state index contributed by atoms with van der Waals surface area (Å²) >= 11 is 6.02. The lowest BCUT2D eigenvalue weighted by molar-refractivity contribution is -0.132. The Bertz CT molecular complexity index is 1220. The number of rotatable bonds is 6. The predicted octanol–water partition coefficient (Wildman–Crippen LogP) is 2.89. The van der Waals surface area contributed by atoms with Gasteiger partial charge in [-0.1, -0.05) is 11.6 Å². The van der Waals surface area contributed by atoms with E-state index in [2.05, 4.69) is 9.88 Å². The first kappa shape index (κ1) is 23.9. The van der Waals surface area contributed by atoms with E-state index in [1.807, 2.05) is 0 Å². The number of halogens is 2. The van der Waals surface area contributed by atoms with Gasteiger partial charge in [-0.05, 0) is 55.5 Å². The Morgan fingerprint density at radius 2 is 1.71 bits per heavy atom. The number of aliphatic hydroxyl groups excluding tert-OH is 1. The Kier molecular flexibility index (Phi) is 7.29. The van der Waals surface area contributed by atoms with Gasteiger partial charge in [0, 0.05) is 66.7 Å². The first-order chi connectivity index (χ1) is 16.4. The van der Waals surface area contributed by atoms with Crippen LogP contribution in [-0.2, 0) is 17.8 Å². The van der Waals surface area contributed by atoms with Crippen LogP contribution in [0.25, 0.3) is 11.4 Å². The molecule has 0 atom stereocenters. The summed E-state index contributed by atoms with van der Waals surface area (Å²) in [6.07, 6.45) is 0.170. The molecule has 34 heavy (non-hydrogen) atoms. The van der Waals surface area contributed by atoms with Crippen LogP contribution in [0, 0.1) is 12.7 Å². The highest BCUT2D eigenvalue weighted by Gasteiger charge is 2.24. The second kappa shape index (κ2) is 10.4. The number of piperazine rings is 1. The predicted molar refractivity (Wildman–Crippen MR) is 130 cm³/mol. The van der Waals surface area contributed by atoms with Crippen LogP contribution in [-0.4, -0.2) is 58.3 Å². The lowest BCUT2D eigenvalue weighted by atomic mass is 10.1. The fourth-order valence-electron chi connectivity index (χ4n) is 4.17. The number of amides is 1. The Morgan fingerprint density at radius 1 is 1.06 bits per heavy atom. The number of anilines is 1. The van der Waals surface area contributed by atoms with Crippen molar-refractivity contribution >= 4 is 23.2 Å². The molecule has 1 N–H and O–H groups in total. The van der Waals surface area contributed by atoms with E-state index in [9.17, 15) is 19.1 Å². The Balaban J connectivity index is 1.57. The van der Waals surface area contributed by atoms with Gasteiger partial charge in [-0.25, -0.2) is 9.37 Å². The van der Waals surface area contributed by atoms with Crippen molar-refractivity contribution in [2.45, 2.75) is 19.9 Å². The molecule has 1 aromatic heterocycles. The summed E-state index contributed by atoms with van der Waals surface area (Å²) in [4.78, 5) is 34.9. The monoisotopic (exact) mass is 484 g/mol. The number of hydrogen-bond acceptors (Lipinski definition) is 5. The molecule has 2 heterocycles. The molecule has 0 radical (unpaired) electrons. The largest absolute Gasteiger partial charge is 0.396 e. The highest BCUT2D eigenvalue weighted by Crippen LogP contribution is 2.21. The molecule has 3 aromatic rings. The minimum absolute atomic E-state index is 0.154. The Labute approximate surface area is 202 Å². The molecule has 0 saturated carbocycles. The van der Waals surface area contributed by atoms with Crippen molar-refractivity contribution in [1.29, 1.82) is 0 Å². The maximum Gasteiger partial charge on any atom is 0.257 e. The molecule has 0 bridgehead atoms. The van der Waals surface area contributed by atoms with Gasteiger partial charge in [0.15, 0.2) is 0 Å². The fraction of sp³-hybridized carbons (Fsp3) is 0.320. The van der Waals surface area contributed by atoms with E-state index in [4.69, 9.17) is 11.6 Å². The summed E-state index contributed by atoms with van der Waals surface area (Å²) in [7, 11) is 0. The van der Waals surface area contributed by atoms with E-state index in [0.717, 1.165) is 5.69 Å². The van der Waals surface area contributed by atoms with E-state index in [-0.39, 0.29) is 36.9 Å². The molecule has 1 fully saturated rings. The van der Waals surface area contributed by atoms with Gasteiger partial charge in [0.25, 0.3) is 5.56 Å². The SMILES string of the molecule is Cc1nc(-c2ccc(Cl)cc2)n(CC(=O)N2CCN(c3ccc(F)cc3)CC2)c(=O)c1CCO. The molecule has 1 aliphatic heterocycles. The molecule has 1 saturated heterocycles. The van der Waals surface area contributed by atoms with E-state index in [1.165, 1.54) is 16.7 Å². The van der Waals surface area contributed by atoms with Gasteiger partial charge in [-0.15, -0.1) is 0 Å². The highest BCUT2D eigenvalue weighted by atomic mass is 35.5. The quantitative estimate of drug-likeness (QED) is 0.582. The minimum Gasteiger partial charge on any atom is -0.396 e. The molecule has 1 aliphatic rings. The van der Waals surface area contributed by atoms with Crippen molar-refractivity contribution in [3.8, 4) is 11.4 Å². The van der Waals surface area contributed by atoms with Gasteiger partial charge in [0.05, 0.1) is 0 Å². The molecule has 178 valence electrons. The highest BCUT2D eigenvalue weighted by molar-refractivity contribution is 6.30. The minimum atomic E-state index is -0.329. The second-order valence-electron chi connectivity index (χ2n) is 8.22. The molecule has 2 aromatic carbocycles. The number of nitrogens with zero attached hydrogens (tertiary/aromatic N) is 4. The van der Waals surface area contributed by atoms with Crippen LogP contribution in [0.2, 0.25) is 5.02 Å². The summed E-state index contributed by atoms with van der Waals surface area (Å²) in [6.45, 7) is 3.59. The van der Waals surface area contributed by atoms with Crippen molar-refractivity contribution in [3.05, 3.63) is 81.0 Å². The molecule has 0 unspecified atom stereocenters. The van der Waals surface area contributed by atoms with Crippen molar-refractivity contribution in [2.75, 3.05) is 37.7 Å². The van der Waals surface area contributed by atoms with Gasteiger partial charge in [0.2, 0.25) is 5.91 Å². The zero-order chi connectivity index (χ0) is 24.2. The van der Waals surface area contributed by atoms with Crippen molar-refractivity contribution in [2.24, 2.45) is 0 Å². The third-order valence-electron chi connectivity index (χ3n) is 6.05. The fourth-order valence-corrected chi connectivity index (χ4v) is 4.29. The van der Waals surface area contributed by atoms with E-state index >= 15 is 0 Å². The van der Waals surface area contributed by atoms with Crippen LogP contribution < -0.4 is 10.5 Å². The molecule has 1 amide bonds. The molecular formula is C25H26ClFN4O3. The average Bonchev–Trinajstić information content (AvgIpc) is 2.84. The van der Waals surface area contributed by atoms with Crippen LogP contribution in [0.4, 0.5) is 10.1 Å². The normalized spacial score (nSPS) is 13.9. The summed E-state index contributed by atoms with van der Waals surface area (Å²) in [5.41, 5.74) is 2.18.